The number of aromatic nitrogens is 2. The smallest absolute Gasteiger partial charge is 0.310 e. The van der Waals surface area contributed by atoms with Gasteiger partial charge in [0, 0.05) is 54.8 Å². The molecule has 218 valence electrons. The maximum Gasteiger partial charge on any atom is 0.310 e. The number of carbonyl (C=O) groups excluding carboxylic acids is 1. The van der Waals surface area contributed by atoms with Gasteiger partial charge in [0.15, 0.2) is 5.82 Å². The Hall–Kier alpha value is -3.19. The zero-order chi connectivity index (χ0) is 29.5. The summed E-state index contributed by atoms with van der Waals surface area (Å²) in [6, 6.07) is 8.22. The molecular weight excluding hydrogens is 539 g/mol. The number of halogens is 2. The van der Waals surface area contributed by atoms with Crippen molar-refractivity contribution in [3.63, 3.8) is 0 Å². The van der Waals surface area contributed by atoms with Gasteiger partial charge >= 0.3 is 5.97 Å². The van der Waals surface area contributed by atoms with Crippen molar-refractivity contribution in [2.75, 3.05) is 29.4 Å². The highest BCUT2D eigenvalue weighted by Crippen LogP contribution is 2.42. The summed E-state index contributed by atoms with van der Waals surface area (Å²) in [5, 5.41) is 0.0835. The number of piperidine rings is 1. The van der Waals surface area contributed by atoms with E-state index in [4.69, 9.17) is 21.3 Å². The summed E-state index contributed by atoms with van der Waals surface area (Å²) in [7, 11) is 0. The van der Waals surface area contributed by atoms with Gasteiger partial charge in [0.25, 0.3) is 0 Å². The zero-order valence-corrected chi connectivity index (χ0v) is 25.7. The largest absolute Gasteiger partial charge is 0.463 e. The van der Waals surface area contributed by atoms with Crippen LogP contribution in [0.3, 0.4) is 0 Å². The average Bonchev–Trinajstić information content (AvgIpc) is 2.91. The molecule has 5 rings (SSSR count). The predicted octanol–water partition coefficient (Wildman–Crippen LogP) is 7.24. The van der Waals surface area contributed by atoms with Crippen LogP contribution in [-0.2, 0) is 28.9 Å². The minimum absolute atomic E-state index is 0.0835. The standard InChI is InChI=1S/C33H40ClFN4O2/c1-20(2)41-30(40)16-26-21(3)37-22(4)31(32(26)38-13-10-33(5,6)11-14-38)24-7-8-25-19-39(12-9-23(25)15-24)29-17-27(34)28(35)18-36-29/h7-8,15,17-18,20H,9-14,16,19H2,1-6H3. The second kappa shape index (κ2) is 11.6. The van der Waals surface area contributed by atoms with Gasteiger partial charge in [-0.15, -0.1) is 0 Å². The minimum atomic E-state index is -0.510. The van der Waals surface area contributed by atoms with Crippen LogP contribution in [0.5, 0.6) is 0 Å². The summed E-state index contributed by atoms with van der Waals surface area (Å²) in [6.45, 7) is 15.8. The van der Waals surface area contributed by atoms with Crippen molar-refractivity contribution >= 4 is 29.1 Å². The van der Waals surface area contributed by atoms with E-state index in [0.29, 0.717) is 17.8 Å². The molecule has 1 aromatic carbocycles. The van der Waals surface area contributed by atoms with E-state index < -0.39 is 5.82 Å². The number of aryl methyl sites for hydroxylation is 2. The molecule has 0 spiro atoms. The molecule has 0 bridgehead atoms. The first kappa shape index (κ1) is 29.3. The minimum Gasteiger partial charge on any atom is -0.463 e. The third-order valence-corrected chi connectivity index (χ3v) is 8.69. The van der Waals surface area contributed by atoms with Gasteiger partial charge in [0.2, 0.25) is 0 Å². The first-order valence-corrected chi connectivity index (χ1v) is 14.9. The van der Waals surface area contributed by atoms with Crippen molar-refractivity contribution in [1.82, 2.24) is 9.97 Å². The molecule has 1 saturated heterocycles. The van der Waals surface area contributed by atoms with Crippen LogP contribution < -0.4 is 9.80 Å². The molecule has 4 heterocycles. The summed E-state index contributed by atoms with van der Waals surface area (Å²) < 4.78 is 19.3. The Bertz CT molecular complexity index is 1460. The number of fused-ring (bicyclic) bond motifs is 1. The number of esters is 1. The lowest BCUT2D eigenvalue weighted by Gasteiger charge is -2.40. The van der Waals surface area contributed by atoms with E-state index in [1.165, 1.54) is 17.3 Å². The summed E-state index contributed by atoms with van der Waals surface area (Å²) in [5.74, 6) is -0.0549. The lowest BCUT2D eigenvalue weighted by atomic mass is 9.82. The summed E-state index contributed by atoms with van der Waals surface area (Å²) in [4.78, 5) is 26.7. The molecule has 0 aliphatic carbocycles. The Balaban J connectivity index is 1.54. The molecule has 0 saturated carbocycles. The fourth-order valence-corrected chi connectivity index (χ4v) is 6.19. The zero-order valence-electron chi connectivity index (χ0n) is 25.0. The van der Waals surface area contributed by atoms with Crippen molar-refractivity contribution in [1.29, 1.82) is 0 Å². The van der Waals surface area contributed by atoms with Crippen LogP contribution in [0.2, 0.25) is 5.02 Å². The number of ether oxygens (including phenoxy) is 1. The van der Waals surface area contributed by atoms with Crippen molar-refractivity contribution in [2.24, 2.45) is 5.41 Å². The van der Waals surface area contributed by atoms with Gasteiger partial charge in [-0.2, -0.15) is 0 Å². The molecule has 0 atom stereocenters. The van der Waals surface area contributed by atoms with Gasteiger partial charge in [0.05, 0.1) is 29.4 Å². The van der Waals surface area contributed by atoms with Crippen molar-refractivity contribution in [3.05, 3.63) is 69.4 Å². The summed E-state index contributed by atoms with van der Waals surface area (Å²) >= 11 is 6.03. The SMILES string of the molecule is Cc1nc(C)c(-c2ccc3c(c2)CCN(c2cc(Cl)c(F)cn2)C3)c(N2CCC(C)(C)CC2)c1CC(=O)OC(C)C. The highest BCUT2D eigenvalue weighted by molar-refractivity contribution is 6.30. The molecule has 41 heavy (non-hydrogen) atoms. The number of nitrogens with zero attached hydrogens (tertiary/aromatic N) is 4. The van der Waals surface area contributed by atoms with Crippen LogP contribution in [-0.4, -0.2) is 41.7 Å². The van der Waals surface area contributed by atoms with E-state index in [9.17, 15) is 9.18 Å². The van der Waals surface area contributed by atoms with Gasteiger partial charge in [-0.25, -0.2) is 9.37 Å². The topological polar surface area (TPSA) is 58.6 Å². The Labute approximate surface area is 247 Å². The number of carbonyl (C=O) groups is 1. The predicted molar refractivity (Wildman–Crippen MR) is 163 cm³/mol. The lowest BCUT2D eigenvalue weighted by Crippen LogP contribution is -2.38. The molecule has 2 aliphatic heterocycles. The van der Waals surface area contributed by atoms with E-state index in [0.717, 1.165) is 72.7 Å². The van der Waals surface area contributed by atoms with E-state index >= 15 is 0 Å². The second-order valence-electron chi connectivity index (χ2n) is 12.5. The van der Waals surface area contributed by atoms with E-state index in [2.05, 4.69) is 53.8 Å². The highest BCUT2D eigenvalue weighted by atomic mass is 35.5. The Morgan fingerprint density at radius 2 is 1.80 bits per heavy atom. The fraction of sp³-hybridized carbons (Fsp3) is 0.485. The van der Waals surface area contributed by atoms with Gasteiger partial charge in [-0.3, -0.25) is 9.78 Å². The Morgan fingerprint density at radius 3 is 2.49 bits per heavy atom. The first-order valence-electron chi connectivity index (χ1n) is 14.5. The van der Waals surface area contributed by atoms with Crippen LogP contribution in [0.4, 0.5) is 15.9 Å². The maximum absolute atomic E-state index is 13.7. The quantitative estimate of drug-likeness (QED) is 0.287. The third-order valence-electron chi connectivity index (χ3n) is 8.40. The molecular formula is C33H40ClFN4O2. The monoisotopic (exact) mass is 578 g/mol. The fourth-order valence-electron chi connectivity index (χ4n) is 6.04. The van der Waals surface area contributed by atoms with Crippen LogP contribution in [0.1, 0.15) is 68.6 Å². The van der Waals surface area contributed by atoms with E-state index in [-0.39, 0.29) is 23.5 Å². The van der Waals surface area contributed by atoms with Crippen LogP contribution >= 0.6 is 11.6 Å². The van der Waals surface area contributed by atoms with Crippen LogP contribution in [0.25, 0.3) is 11.1 Å². The number of hydrogen-bond donors (Lipinski definition) is 0. The summed E-state index contributed by atoms with van der Waals surface area (Å²) in [5.41, 5.74) is 8.92. The van der Waals surface area contributed by atoms with E-state index in [1.54, 1.807) is 6.07 Å². The third kappa shape index (κ3) is 6.35. The molecule has 0 unspecified atom stereocenters. The number of pyridine rings is 2. The van der Waals surface area contributed by atoms with Gasteiger partial charge in [-0.1, -0.05) is 43.6 Å². The number of anilines is 2. The molecule has 0 N–H and O–H groups in total. The summed E-state index contributed by atoms with van der Waals surface area (Å²) in [6.07, 6.45) is 4.22. The van der Waals surface area contributed by atoms with Crippen molar-refractivity contribution in [2.45, 2.75) is 79.9 Å². The van der Waals surface area contributed by atoms with Crippen LogP contribution in [0, 0.1) is 25.1 Å². The average molecular weight is 579 g/mol. The lowest BCUT2D eigenvalue weighted by molar-refractivity contribution is -0.146. The van der Waals surface area contributed by atoms with E-state index in [1.807, 2.05) is 20.8 Å². The molecule has 2 aliphatic rings. The Morgan fingerprint density at radius 1 is 1.07 bits per heavy atom. The molecule has 2 aromatic heterocycles. The van der Waals surface area contributed by atoms with Crippen molar-refractivity contribution in [3.8, 4) is 11.1 Å². The van der Waals surface area contributed by atoms with Crippen molar-refractivity contribution < 1.29 is 13.9 Å². The number of hydrogen-bond acceptors (Lipinski definition) is 6. The molecule has 8 heteroatoms. The molecule has 6 nitrogen and oxygen atoms in total. The highest BCUT2D eigenvalue weighted by Gasteiger charge is 2.31. The van der Waals surface area contributed by atoms with Gasteiger partial charge in [0.1, 0.15) is 5.82 Å². The number of benzene rings is 1. The maximum atomic E-state index is 13.7. The number of rotatable bonds is 6. The molecule has 3 aromatic rings. The molecule has 0 amide bonds. The van der Waals surface area contributed by atoms with Gasteiger partial charge < -0.3 is 14.5 Å². The Kier molecular flexibility index (Phi) is 8.29. The molecule has 1 fully saturated rings. The van der Waals surface area contributed by atoms with Gasteiger partial charge in [-0.05, 0) is 69.1 Å². The normalized spacial score (nSPS) is 16.6. The second-order valence-corrected chi connectivity index (χ2v) is 12.9. The van der Waals surface area contributed by atoms with Crippen LogP contribution in [0.15, 0.2) is 30.5 Å². The molecule has 0 radical (unpaired) electrons. The first-order chi connectivity index (χ1) is 19.4.